The topological polar surface area (TPSA) is 106 Å². The van der Waals surface area contributed by atoms with Gasteiger partial charge < -0.3 is 0 Å². The third kappa shape index (κ3) is 5.11. The lowest BCUT2D eigenvalue weighted by atomic mass is 10.2. The molecule has 130 valence electrons. The highest BCUT2D eigenvalue weighted by Crippen LogP contribution is 2.25. The molecule has 0 aromatic heterocycles. The molecule has 0 radical (unpaired) electrons. The van der Waals surface area contributed by atoms with Gasteiger partial charge in [-0.3, -0.25) is 0 Å². The Labute approximate surface area is 157 Å². The highest BCUT2D eigenvalue weighted by molar-refractivity contribution is 9.11. The van der Waals surface area contributed by atoms with Crippen LogP contribution < -0.4 is 9.86 Å². The van der Waals surface area contributed by atoms with Gasteiger partial charge in [-0.05, 0) is 58.2 Å². The fourth-order valence-corrected chi connectivity index (χ4v) is 5.24. The lowest BCUT2D eigenvalue weighted by molar-refractivity contribution is 0.581. The predicted octanol–water partition coefficient (Wildman–Crippen LogP) is 2.38. The zero-order valence-electron chi connectivity index (χ0n) is 12.2. The van der Waals surface area contributed by atoms with Crippen LogP contribution >= 0.6 is 31.9 Å². The van der Waals surface area contributed by atoms with Crippen molar-refractivity contribution in [2.24, 2.45) is 5.14 Å². The highest BCUT2D eigenvalue weighted by atomic mass is 79.9. The summed E-state index contributed by atoms with van der Waals surface area (Å²) in [7, 11) is -7.37. The Balaban J connectivity index is 2.03. The number of hydrogen-bond acceptors (Lipinski definition) is 4. The molecule has 0 atom stereocenters. The summed E-state index contributed by atoms with van der Waals surface area (Å²) in [4.78, 5) is 0.167. The van der Waals surface area contributed by atoms with E-state index >= 15 is 0 Å². The number of sulfonamides is 2. The van der Waals surface area contributed by atoms with Crippen LogP contribution in [0.4, 0.5) is 0 Å². The fourth-order valence-electron chi connectivity index (χ4n) is 1.95. The van der Waals surface area contributed by atoms with E-state index in [0.29, 0.717) is 10.9 Å². The molecule has 2 aromatic carbocycles. The van der Waals surface area contributed by atoms with Crippen molar-refractivity contribution in [1.29, 1.82) is 0 Å². The van der Waals surface area contributed by atoms with E-state index in [2.05, 4.69) is 36.6 Å². The minimum Gasteiger partial charge on any atom is -0.225 e. The number of halogens is 2. The molecular formula is C14H14Br2N2O4S2. The first-order valence-electron chi connectivity index (χ1n) is 6.66. The third-order valence-electron chi connectivity index (χ3n) is 3.14. The van der Waals surface area contributed by atoms with Crippen LogP contribution in [0.3, 0.4) is 0 Å². The van der Waals surface area contributed by atoms with Crippen LogP contribution in [0.15, 0.2) is 61.2 Å². The molecule has 0 saturated heterocycles. The van der Waals surface area contributed by atoms with Gasteiger partial charge in [-0.25, -0.2) is 26.7 Å². The number of primary sulfonamides is 1. The van der Waals surface area contributed by atoms with E-state index in [4.69, 9.17) is 5.14 Å². The van der Waals surface area contributed by atoms with Gasteiger partial charge in [0.2, 0.25) is 20.0 Å². The van der Waals surface area contributed by atoms with Gasteiger partial charge in [-0.2, -0.15) is 0 Å². The number of hydrogen-bond donors (Lipinski definition) is 2. The van der Waals surface area contributed by atoms with Crippen molar-refractivity contribution in [3.63, 3.8) is 0 Å². The minimum absolute atomic E-state index is 0.0191. The molecular weight excluding hydrogens is 484 g/mol. The Morgan fingerprint density at radius 2 is 1.58 bits per heavy atom. The highest BCUT2D eigenvalue weighted by Gasteiger charge is 2.17. The van der Waals surface area contributed by atoms with Crippen molar-refractivity contribution in [2.45, 2.75) is 16.2 Å². The van der Waals surface area contributed by atoms with Gasteiger partial charge >= 0.3 is 0 Å². The number of rotatable bonds is 6. The molecule has 2 rings (SSSR count). The SMILES string of the molecule is NS(=O)(=O)c1ccc(CCNS(=O)(=O)c2ccc(Br)cc2Br)cc1. The van der Waals surface area contributed by atoms with Crippen LogP contribution in [0.5, 0.6) is 0 Å². The van der Waals surface area contributed by atoms with E-state index in [1.54, 1.807) is 24.3 Å². The third-order valence-corrected chi connectivity index (χ3v) is 7.00. The zero-order valence-corrected chi connectivity index (χ0v) is 17.0. The second-order valence-electron chi connectivity index (χ2n) is 4.91. The first kappa shape index (κ1) is 19.5. The molecule has 0 heterocycles. The van der Waals surface area contributed by atoms with Gasteiger partial charge in [-0.15, -0.1) is 0 Å². The Hall–Kier alpha value is -0.780. The van der Waals surface area contributed by atoms with E-state index in [1.165, 1.54) is 18.2 Å². The summed E-state index contributed by atoms with van der Waals surface area (Å²) >= 11 is 6.50. The lowest BCUT2D eigenvalue weighted by Gasteiger charge is -2.09. The van der Waals surface area contributed by atoms with Crippen LogP contribution in [0.25, 0.3) is 0 Å². The predicted molar refractivity (Wildman–Crippen MR) is 98.5 cm³/mol. The Bertz CT molecular complexity index is 943. The van der Waals surface area contributed by atoms with Gasteiger partial charge in [0.05, 0.1) is 9.79 Å². The van der Waals surface area contributed by atoms with Crippen LogP contribution in [0.1, 0.15) is 5.56 Å². The molecule has 10 heteroatoms. The van der Waals surface area contributed by atoms with E-state index < -0.39 is 20.0 Å². The maximum absolute atomic E-state index is 12.3. The van der Waals surface area contributed by atoms with E-state index in [1.807, 2.05) is 0 Å². The quantitative estimate of drug-likeness (QED) is 0.638. The lowest BCUT2D eigenvalue weighted by Crippen LogP contribution is -2.26. The van der Waals surface area contributed by atoms with Crippen molar-refractivity contribution in [3.05, 3.63) is 57.0 Å². The first-order chi connectivity index (χ1) is 11.1. The standard InChI is InChI=1S/C14H14Br2N2O4S2/c15-11-3-6-14(13(16)9-11)24(21,22)18-8-7-10-1-4-12(5-2-10)23(17,19)20/h1-6,9,18H,7-8H2,(H2,17,19,20). The molecule has 0 unspecified atom stereocenters. The smallest absolute Gasteiger partial charge is 0.225 e. The average molecular weight is 498 g/mol. The molecule has 0 aliphatic carbocycles. The summed E-state index contributed by atoms with van der Waals surface area (Å²) in [5, 5.41) is 5.03. The van der Waals surface area contributed by atoms with E-state index in [0.717, 1.165) is 10.0 Å². The van der Waals surface area contributed by atoms with E-state index in [-0.39, 0.29) is 16.3 Å². The van der Waals surface area contributed by atoms with Crippen LogP contribution in [-0.4, -0.2) is 23.4 Å². The number of nitrogens with two attached hydrogens (primary N) is 1. The van der Waals surface area contributed by atoms with Gasteiger partial charge in [-0.1, -0.05) is 28.1 Å². The second kappa shape index (κ2) is 7.63. The van der Waals surface area contributed by atoms with Gasteiger partial charge in [0.1, 0.15) is 0 Å². The molecule has 6 nitrogen and oxygen atoms in total. The molecule has 2 aromatic rings. The first-order valence-corrected chi connectivity index (χ1v) is 11.3. The van der Waals surface area contributed by atoms with Crippen molar-refractivity contribution < 1.29 is 16.8 Å². The molecule has 24 heavy (non-hydrogen) atoms. The maximum atomic E-state index is 12.3. The molecule has 0 fully saturated rings. The Morgan fingerprint density at radius 1 is 0.958 bits per heavy atom. The zero-order chi connectivity index (χ0) is 18.0. The molecule has 0 bridgehead atoms. The second-order valence-corrected chi connectivity index (χ2v) is 9.98. The van der Waals surface area contributed by atoms with Crippen molar-refractivity contribution in [2.75, 3.05) is 6.54 Å². The Kier molecular flexibility index (Phi) is 6.21. The van der Waals surface area contributed by atoms with Crippen molar-refractivity contribution in [3.8, 4) is 0 Å². The summed E-state index contributed by atoms with van der Waals surface area (Å²) in [5.41, 5.74) is 0.792. The Morgan fingerprint density at radius 3 is 2.12 bits per heavy atom. The van der Waals surface area contributed by atoms with Crippen LogP contribution in [-0.2, 0) is 26.5 Å². The minimum atomic E-state index is -3.73. The maximum Gasteiger partial charge on any atom is 0.241 e. The fraction of sp³-hybridized carbons (Fsp3) is 0.143. The summed E-state index contributed by atoms with van der Waals surface area (Å²) < 4.78 is 50.7. The monoisotopic (exact) mass is 496 g/mol. The molecule has 0 aliphatic heterocycles. The summed E-state index contributed by atoms with van der Waals surface area (Å²) in [6.07, 6.45) is 0.415. The molecule has 0 saturated carbocycles. The summed E-state index contributed by atoms with van der Waals surface area (Å²) in [5.74, 6) is 0. The average Bonchev–Trinajstić information content (AvgIpc) is 2.46. The summed E-state index contributed by atoms with van der Waals surface area (Å²) in [6, 6.07) is 10.8. The summed E-state index contributed by atoms with van der Waals surface area (Å²) in [6.45, 7) is 0.180. The van der Waals surface area contributed by atoms with Gasteiger partial charge in [0.25, 0.3) is 0 Å². The number of benzene rings is 2. The van der Waals surface area contributed by atoms with Gasteiger partial charge in [0.15, 0.2) is 0 Å². The van der Waals surface area contributed by atoms with E-state index in [9.17, 15) is 16.8 Å². The molecule has 3 N–H and O–H groups in total. The molecule has 0 amide bonds. The van der Waals surface area contributed by atoms with Gasteiger partial charge in [0, 0.05) is 15.5 Å². The number of nitrogens with one attached hydrogen (secondary N) is 1. The largest absolute Gasteiger partial charge is 0.241 e. The van der Waals surface area contributed by atoms with Crippen molar-refractivity contribution >= 4 is 51.9 Å². The van der Waals surface area contributed by atoms with Crippen molar-refractivity contribution in [1.82, 2.24) is 4.72 Å². The van der Waals surface area contributed by atoms with Crippen LogP contribution in [0.2, 0.25) is 0 Å². The van der Waals surface area contributed by atoms with Crippen LogP contribution in [0, 0.1) is 0 Å². The normalized spacial score (nSPS) is 12.3. The molecule has 0 spiro atoms. The molecule has 0 aliphatic rings.